The topological polar surface area (TPSA) is 83.1 Å². The van der Waals surface area contributed by atoms with Crippen molar-refractivity contribution in [3.8, 4) is 11.9 Å². The average Bonchev–Trinajstić information content (AvgIpc) is 3.21. The molecule has 4 heterocycles. The molecule has 3 aromatic rings. The number of ether oxygens (including phenoxy) is 1. The number of morpholine rings is 1. The molecule has 10 heteroatoms. The smallest absolute Gasteiger partial charge is 0.267 e. The second-order valence-corrected chi connectivity index (χ2v) is 8.78. The Bertz CT molecular complexity index is 1230. The van der Waals surface area contributed by atoms with Gasteiger partial charge in [-0.2, -0.15) is 15.3 Å². The predicted molar refractivity (Wildman–Crippen MR) is 119 cm³/mol. The number of aromatic nitrogens is 4. The molecule has 2 saturated heterocycles. The molecule has 1 aromatic carbocycles. The second-order valence-electron chi connectivity index (χ2n) is 8.78. The predicted octanol–water partition coefficient (Wildman–Crippen LogP) is 2.89. The molecule has 0 amide bonds. The Labute approximate surface area is 190 Å². The molecular formula is C23H25F2N7O. The van der Waals surface area contributed by atoms with Crippen molar-refractivity contribution in [2.75, 3.05) is 51.3 Å². The fourth-order valence-electron chi connectivity index (χ4n) is 4.79. The van der Waals surface area contributed by atoms with Gasteiger partial charge in [0.2, 0.25) is 5.82 Å². The number of nitriles is 1. The van der Waals surface area contributed by atoms with Crippen LogP contribution < -0.4 is 4.90 Å². The van der Waals surface area contributed by atoms with Crippen molar-refractivity contribution < 1.29 is 13.5 Å². The standard InChI is InChI=1S/C23H25F2N7O/c1-15-9-16-13-27-32(19(16)10-17(15)18-3-4-30(2)14-23(18,24)25)22-11-21(28-20(12-26)29-22)31-5-7-33-8-6-31/h9-11,13,18H,3-8,14H2,1-2H3. The molecule has 33 heavy (non-hydrogen) atoms. The Kier molecular flexibility index (Phi) is 5.46. The van der Waals surface area contributed by atoms with Gasteiger partial charge in [-0.25, -0.2) is 18.4 Å². The maximum atomic E-state index is 15.0. The number of fused-ring (bicyclic) bond motifs is 1. The molecule has 2 aromatic heterocycles. The number of hydrogen-bond donors (Lipinski definition) is 0. The zero-order chi connectivity index (χ0) is 23.2. The quantitative estimate of drug-likeness (QED) is 0.603. The molecule has 0 spiro atoms. The van der Waals surface area contributed by atoms with Crippen LogP contribution in [0.1, 0.15) is 29.3 Å². The van der Waals surface area contributed by atoms with E-state index in [1.807, 2.05) is 30.0 Å². The van der Waals surface area contributed by atoms with Crippen molar-refractivity contribution in [2.45, 2.75) is 25.2 Å². The summed E-state index contributed by atoms with van der Waals surface area (Å²) < 4.78 is 36.9. The molecule has 0 aliphatic carbocycles. The van der Waals surface area contributed by atoms with Gasteiger partial charge in [0, 0.05) is 24.5 Å². The van der Waals surface area contributed by atoms with Crippen molar-refractivity contribution in [3.05, 3.63) is 41.3 Å². The third kappa shape index (κ3) is 4.03. The lowest BCUT2D eigenvalue weighted by molar-refractivity contribution is -0.0766. The minimum atomic E-state index is -2.82. The first-order valence-electron chi connectivity index (χ1n) is 11.0. The van der Waals surface area contributed by atoms with E-state index < -0.39 is 11.8 Å². The number of nitrogens with zero attached hydrogens (tertiary/aromatic N) is 7. The molecule has 0 radical (unpaired) electrons. The summed E-state index contributed by atoms with van der Waals surface area (Å²) >= 11 is 0. The number of alkyl halides is 2. The first-order chi connectivity index (χ1) is 15.9. The molecular weight excluding hydrogens is 428 g/mol. The van der Waals surface area contributed by atoms with E-state index in [0.29, 0.717) is 62.0 Å². The molecule has 5 rings (SSSR count). The fourth-order valence-corrected chi connectivity index (χ4v) is 4.79. The zero-order valence-corrected chi connectivity index (χ0v) is 18.6. The highest BCUT2D eigenvalue weighted by Gasteiger charge is 2.45. The summed E-state index contributed by atoms with van der Waals surface area (Å²) in [5.74, 6) is -2.58. The third-order valence-electron chi connectivity index (χ3n) is 6.47. The van der Waals surface area contributed by atoms with Crippen LogP contribution in [0.3, 0.4) is 0 Å². The summed E-state index contributed by atoms with van der Waals surface area (Å²) in [4.78, 5) is 12.4. The molecule has 1 unspecified atom stereocenters. The van der Waals surface area contributed by atoms with Gasteiger partial charge in [0.1, 0.15) is 11.9 Å². The monoisotopic (exact) mass is 453 g/mol. The minimum Gasteiger partial charge on any atom is -0.378 e. The van der Waals surface area contributed by atoms with E-state index in [2.05, 4.69) is 15.1 Å². The van der Waals surface area contributed by atoms with Crippen LogP contribution in [0.4, 0.5) is 14.6 Å². The second kappa shape index (κ2) is 8.32. The van der Waals surface area contributed by atoms with E-state index in [0.717, 1.165) is 10.9 Å². The van der Waals surface area contributed by atoms with Gasteiger partial charge in [0.25, 0.3) is 5.92 Å². The van der Waals surface area contributed by atoms with Crippen molar-refractivity contribution >= 4 is 16.7 Å². The average molecular weight is 453 g/mol. The summed E-state index contributed by atoms with van der Waals surface area (Å²) in [5, 5.41) is 14.8. The van der Waals surface area contributed by atoms with Crippen molar-refractivity contribution in [3.63, 3.8) is 0 Å². The molecule has 2 fully saturated rings. The van der Waals surface area contributed by atoms with Gasteiger partial charge in [0.05, 0.1) is 37.4 Å². The van der Waals surface area contributed by atoms with E-state index in [4.69, 9.17) is 4.74 Å². The molecule has 172 valence electrons. The molecule has 0 N–H and O–H groups in total. The summed E-state index contributed by atoms with van der Waals surface area (Å²) in [6.45, 7) is 4.73. The van der Waals surface area contributed by atoms with Crippen molar-refractivity contribution in [2.24, 2.45) is 0 Å². The minimum absolute atomic E-state index is 0.0341. The Morgan fingerprint density at radius 3 is 2.61 bits per heavy atom. The highest BCUT2D eigenvalue weighted by molar-refractivity contribution is 5.82. The van der Waals surface area contributed by atoms with Gasteiger partial charge in [-0.1, -0.05) is 0 Å². The molecule has 0 saturated carbocycles. The molecule has 2 aliphatic rings. The lowest BCUT2D eigenvalue weighted by atomic mass is 9.83. The summed E-state index contributed by atoms with van der Waals surface area (Å²) in [7, 11) is 1.73. The number of aryl methyl sites for hydroxylation is 1. The van der Waals surface area contributed by atoms with Gasteiger partial charge >= 0.3 is 0 Å². The SMILES string of the molecule is Cc1cc2cnn(-c3cc(N4CCOCC4)nc(C#N)n3)c2cc1C1CCN(C)CC1(F)F. The van der Waals surface area contributed by atoms with Gasteiger partial charge in [-0.3, -0.25) is 0 Å². The molecule has 1 atom stereocenters. The van der Waals surface area contributed by atoms with E-state index >= 15 is 0 Å². The van der Waals surface area contributed by atoms with Crippen molar-refractivity contribution in [1.29, 1.82) is 5.26 Å². The van der Waals surface area contributed by atoms with Crippen LogP contribution in [0.25, 0.3) is 16.7 Å². The van der Waals surface area contributed by atoms with Crippen molar-refractivity contribution in [1.82, 2.24) is 24.6 Å². The van der Waals surface area contributed by atoms with Crippen LogP contribution in [0.15, 0.2) is 24.4 Å². The van der Waals surface area contributed by atoms with Crippen LogP contribution in [-0.2, 0) is 4.74 Å². The number of benzene rings is 1. The summed E-state index contributed by atoms with van der Waals surface area (Å²) in [6, 6.07) is 7.51. The first kappa shape index (κ1) is 21.7. The molecule has 2 aliphatic heterocycles. The molecule has 0 bridgehead atoms. The number of hydrogen-bond acceptors (Lipinski definition) is 7. The Morgan fingerprint density at radius 1 is 1.12 bits per heavy atom. The lowest BCUT2D eigenvalue weighted by Crippen LogP contribution is -2.45. The maximum Gasteiger partial charge on any atom is 0.267 e. The Morgan fingerprint density at radius 2 is 1.88 bits per heavy atom. The van der Waals surface area contributed by atoms with E-state index in [-0.39, 0.29) is 12.4 Å². The summed E-state index contributed by atoms with van der Waals surface area (Å²) in [6.07, 6.45) is 2.08. The van der Waals surface area contributed by atoms with Crippen LogP contribution in [-0.4, -0.2) is 77.0 Å². The van der Waals surface area contributed by atoms with E-state index in [1.54, 1.807) is 28.9 Å². The molecule has 8 nitrogen and oxygen atoms in total. The highest BCUT2D eigenvalue weighted by atomic mass is 19.3. The van der Waals surface area contributed by atoms with Crippen LogP contribution in [0, 0.1) is 18.3 Å². The maximum absolute atomic E-state index is 15.0. The first-order valence-corrected chi connectivity index (χ1v) is 11.0. The summed E-state index contributed by atoms with van der Waals surface area (Å²) in [5.41, 5.74) is 2.14. The number of likely N-dealkylation sites (tertiary alicyclic amines) is 1. The number of anilines is 1. The van der Waals surface area contributed by atoms with Gasteiger partial charge in [-0.15, -0.1) is 0 Å². The van der Waals surface area contributed by atoms with Crippen LogP contribution in [0.2, 0.25) is 0 Å². The number of piperidine rings is 1. The van der Waals surface area contributed by atoms with Gasteiger partial charge in [0.15, 0.2) is 5.82 Å². The largest absolute Gasteiger partial charge is 0.378 e. The Balaban J connectivity index is 1.60. The lowest BCUT2D eigenvalue weighted by Gasteiger charge is -2.37. The van der Waals surface area contributed by atoms with Crippen LogP contribution in [0.5, 0.6) is 0 Å². The van der Waals surface area contributed by atoms with E-state index in [1.165, 1.54) is 0 Å². The number of rotatable bonds is 3. The number of halogens is 2. The zero-order valence-electron chi connectivity index (χ0n) is 18.6. The third-order valence-corrected chi connectivity index (χ3v) is 6.47. The Hall–Kier alpha value is -3.16. The van der Waals surface area contributed by atoms with E-state index in [9.17, 15) is 14.0 Å². The normalized spacial score (nSPS) is 21.3. The van der Waals surface area contributed by atoms with Gasteiger partial charge < -0.3 is 14.5 Å². The fraction of sp³-hybridized carbons (Fsp3) is 0.478. The van der Waals surface area contributed by atoms with Gasteiger partial charge in [-0.05, 0) is 50.2 Å². The van der Waals surface area contributed by atoms with Crippen LogP contribution >= 0.6 is 0 Å². The highest BCUT2D eigenvalue weighted by Crippen LogP contribution is 2.42.